The zero-order chi connectivity index (χ0) is 25.4. The highest BCUT2D eigenvalue weighted by molar-refractivity contribution is 5.95. The van der Waals surface area contributed by atoms with Gasteiger partial charge in [-0.05, 0) is 49.7 Å². The van der Waals surface area contributed by atoms with Crippen molar-refractivity contribution in [3.8, 4) is 22.8 Å². The van der Waals surface area contributed by atoms with E-state index in [2.05, 4.69) is 15.4 Å². The van der Waals surface area contributed by atoms with Gasteiger partial charge in [0.15, 0.2) is 22.9 Å². The van der Waals surface area contributed by atoms with E-state index in [9.17, 15) is 9.59 Å². The van der Waals surface area contributed by atoms with Crippen molar-refractivity contribution in [2.24, 2.45) is 0 Å². The van der Waals surface area contributed by atoms with Crippen LogP contribution in [0.3, 0.4) is 0 Å². The SMILES string of the molecule is CCCC(=O)c1cc2nccc(-c3ccc(OC)c(OC)c3)n2n1.CNC(=O)c1ccc(C)cc1. The van der Waals surface area contributed by atoms with E-state index >= 15 is 0 Å². The van der Waals surface area contributed by atoms with Gasteiger partial charge in [0.05, 0.1) is 19.9 Å². The summed E-state index contributed by atoms with van der Waals surface area (Å²) in [6.45, 7) is 3.97. The number of nitrogens with zero attached hydrogens (tertiary/aromatic N) is 3. The molecule has 2 aromatic carbocycles. The third kappa shape index (κ3) is 6.03. The Morgan fingerprint density at radius 3 is 2.31 bits per heavy atom. The molecule has 182 valence electrons. The number of methoxy groups -OCH3 is 2. The van der Waals surface area contributed by atoms with Gasteiger partial charge in [0.1, 0.15) is 5.69 Å². The van der Waals surface area contributed by atoms with Crippen molar-refractivity contribution in [2.75, 3.05) is 21.3 Å². The Balaban J connectivity index is 0.000000261. The number of nitrogens with one attached hydrogen (secondary N) is 1. The lowest BCUT2D eigenvalue weighted by atomic mass is 10.1. The molecule has 2 aromatic heterocycles. The third-order valence-electron chi connectivity index (χ3n) is 5.34. The number of carbonyl (C=O) groups is 2. The fraction of sp³-hybridized carbons (Fsp3) is 0.259. The van der Waals surface area contributed by atoms with Gasteiger partial charge in [-0.1, -0.05) is 24.6 Å². The van der Waals surface area contributed by atoms with Crippen LogP contribution < -0.4 is 14.8 Å². The van der Waals surface area contributed by atoms with E-state index in [4.69, 9.17) is 9.47 Å². The topological polar surface area (TPSA) is 94.8 Å². The fourth-order valence-corrected chi connectivity index (χ4v) is 3.45. The van der Waals surface area contributed by atoms with E-state index in [1.54, 1.807) is 38.0 Å². The number of ketones is 1. The van der Waals surface area contributed by atoms with Crippen LogP contribution in [-0.2, 0) is 0 Å². The molecule has 0 atom stereocenters. The summed E-state index contributed by atoms with van der Waals surface area (Å²) in [5, 5.41) is 7.00. The Morgan fingerprint density at radius 1 is 0.971 bits per heavy atom. The Hall–Kier alpha value is -4.20. The zero-order valence-corrected chi connectivity index (χ0v) is 20.7. The normalized spacial score (nSPS) is 10.3. The Bertz CT molecular complexity index is 1310. The highest BCUT2D eigenvalue weighted by Gasteiger charge is 2.14. The quantitative estimate of drug-likeness (QED) is 0.389. The number of aromatic nitrogens is 3. The summed E-state index contributed by atoms with van der Waals surface area (Å²) in [6, 6.07) is 16.7. The van der Waals surface area contributed by atoms with Gasteiger partial charge in [0.25, 0.3) is 5.91 Å². The van der Waals surface area contributed by atoms with Gasteiger partial charge in [-0.2, -0.15) is 5.10 Å². The van der Waals surface area contributed by atoms with Gasteiger partial charge < -0.3 is 14.8 Å². The summed E-state index contributed by atoms with van der Waals surface area (Å²) in [5.74, 6) is 1.28. The van der Waals surface area contributed by atoms with Crippen LogP contribution in [0.4, 0.5) is 0 Å². The summed E-state index contributed by atoms with van der Waals surface area (Å²) in [6.07, 6.45) is 2.98. The lowest BCUT2D eigenvalue weighted by molar-refractivity contribution is 0.0959. The molecule has 35 heavy (non-hydrogen) atoms. The van der Waals surface area contributed by atoms with Crippen molar-refractivity contribution >= 4 is 17.3 Å². The predicted molar refractivity (Wildman–Crippen MR) is 135 cm³/mol. The van der Waals surface area contributed by atoms with Gasteiger partial charge in [0.2, 0.25) is 0 Å². The molecular formula is C27H30N4O4. The highest BCUT2D eigenvalue weighted by Crippen LogP contribution is 2.32. The molecule has 0 aliphatic rings. The van der Waals surface area contributed by atoms with Gasteiger partial charge in [-0.25, -0.2) is 9.50 Å². The number of fused-ring (bicyclic) bond motifs is 1. The Kier molecular flexibility index (Phi) is 8.56. The summed E-state index contributed by atoms with van der Waals surface area (Å²) >= 11 is 0. The predicted octanol–water partition coefficient (Wildman–Crippen LogP) is 4.75. The molecular weight excluding hydrogens is 444 g/mol. The summed E-state index contributed by atoms with van der Waals surface area (Å²) in [5.41, 5.74) is 4.68. The minimum absolute atomic E-state index is 0.0289. The number of carbonyl (C=O) groups excluding carboxylic acids is 2. The maximum absolute atomic E-state index is 12.1. The van der Waals surface area contributed by atoms with Crippen LogP contribution in [-0.4, -0.2) is 47.6 Å². The second-order valence-electron chi connectivity index (χ2n) is 7.82. The van der Waals surface area contributed by atoms with Crippen LogP contribution in [0.25, 0.3) is 16.9 Å². The van der Waals surface area contributed by atoms with E-state index in [0.29, 0.717) is 34.8 Å². The van der Waals surface area contributed by atoms with E-state index in [1.165, 1.54) is 0 Å². The number of aryl methyl sites for hydroxylation is 1. The number of ether oxygens (including phenoxy) is 2. The van der Waals surface area contributed by atoms with Crippen molar-refractivity contribution in [1.29, 1.82) is 0 Å². The van der Waals surface area contributed by atoms with Gasteiger partial charge in [-0.3, -0.25) is 9.59 Å². The monoisotopic (exact) mass is 474 g/mol. The van der Waals surface area contributed by atoms with Crippen molar-refractivity contribution in [2.45, 2.75) is 26.7 Å². The molecule has 0 fully saturated rings. The third-order valence-corrected chi connectivity index (χ3v) is 5.34. The van der Waals surface area contributed by atoms with Crippen molar-refractivity contribution < 1.29 is 19.1 Å². The molecule has 4 rings (SSSR count). The van der Waals surface area contributed by atoms with Crippen molar-refractivity contribution in [3.05, 3.63) is 77.6 Å². The number of hydrogen-bond acceptors (Lipinski definition) is 6. The van der Waals surface area contributed by atoms with Crippen LogP contribution in [0.1, 0.15) is 46.2 Å². The standard InChI is InChI=1S/C18H19N3O3.C9H11NO/c1-4-5-15(22)13-11-18-19-9-8-14(21(18)20-13)12-6-7-16(23-2)17(10-12)24-3;1-7-3-5-8(6-4-7)9(11)10-2/h6-11H,4-5H2,1-3H3;3-6H,1-2H3,(H,10,11). The molecule has 8 nitrogen and oxygen atoms in total. The maximum atomic E-state index is 12.1. The highest BCUT2D eigenvalue weighted by atomic mass is 16.5. The average Bonchev–Trinajstić information content (AvgIpc) is 3.33. The number of Topliss-reactive ketones (excluding diaryl/α,β-unsaturated/α-hetero) is 1. The second kappa shape index (κ2) is 11.8. The lowest BCUT2D eigenvalue weighted by Gasteiger charge is -2.10. The van der Waals surface area contributed by atoms with E-state index in [-0.39, 0.29) is 11.7 Å². The molecule has 4 aromatic rings. The van der Waals surface area contributed by atoms with Gasteiger partial charge >= 0.3 is 0 Å². The molecule has 8 heteroatoms. The van der Waals surface area contributed by atoms with Gasteiger partial charge in [0, 0.05) is 36.9 Å². The zero-order valence-electron chi connectivity index (χ0n) is 20.7. The van der Waals surface area contributed by atoms with Crippen LogP contribution in [0.15, 0.2) is 60.8 Å². The first-order valence-electron chi connectivity index (χ1n) is 11.3. The average molecular weight is 475 g/mol. The van der Waals surface area contributed by atoms with Crippen LogP contribution >= 0.6 is 0 Å². The second-order valence-corrected chi connectivity index (χ2v) is 7.82. The van der Waals surface area contributed by atoms with E-state index in [0.717, 1.165) is 23.2 Å². The largest absolute Gasteiger partial charge is 0.493 e. The molecule has 1 N–H and O–H groups in total. The fourth-order valence-electron chi connectivity index (χ4n) is 3.45. The summed E-state index contributed by atoms with van der Waals surface area (Å²) in [7, 11) is 4.82. The molecule has 1 amide bonds. The molecule has 2 heterocycles. The minimum atomic E-state index is -0.0370. The number of amides is 1. The van der Waals surface area contributed by atoms with E-state index < -0.39 is 0 Å². The molecule has 0 saturated heterocycles. The first-order valence-corrected chi connectivity index (χ1v) is 11.3. The summed E-state index contributed by atoms with van der Waals surface area (Å²) < 4.78 is 12.3. The molecule has 0 aliphatic carbocycles. The Morgan fingerprint density at radius 2 is 1.69 bits per heavy atom. The van der Waals surface area contributed by atoms with Crippen molar-refractivity contribution in [1.82, 2.24) is 19.9 Å². The molecule has 0 bridgehead atoms. The van der Waals surface area contributed by atoms with Crippen LogP contribution in [0, 0.1) is 6.92 Å². The maximum Gasteiger partial charge on any atom is 0.251 e. The smallest absolute Gasteiger partial charge is 0.251 e. The first-order chi connectivity index (χ1) is 16.9. The number of hydrogen-bond donors (Lipinski definition) is 1. The molecule has 0 aliphatic heterocycles. The molecule has 0 saturated carbocycles. The van der Waals surface area contributed by atoms with Crippen LogP contribution in [0.5, 0.6) is 11.5 Å². The first kappa shape index (κ1) is 25.4. The van der Waals surface area contributed by atoms with E-state index in [1.807, 2.05) is 62.4 Å². The van der Waals surface area contributed by atoms with Crippen LogP contribution in [0.2, 0.25) is 0 Å². The molecule has 0 unspecified atom stereocenters. The summed E-state index contributed by atoms with van der Waals surface area (Å²) in [4.78, 5) is 27.4. The van der Waals surface area contributed by atoms with Gasteiger partial charge in [-0.15, -0.1) is 0 Å². The molecule has 0 radical (unpaired) electrons. The number of rotatable bonds is 7. The Labute approximate surface area is 204 Å². The molecule has 0 spiro atoms. The van der Waals surface area contributed by atoms with Crippen molar-refractivity contribution in [3.63, 3.8) is 0 Å². The lowest BCUT2D eigenvalue weighted by Crippen LogP contribution is -2.17. The number of benzene rings is 2. The minimum Gasteiger partial charge on any atom is -0.493 e.